The first-order valence-electron chi connectivity index (χ1n) is 11.7. The second kappa shape index (κ2) is 12.7. The molecule has 0 saturated carbocycles. The zero-order chi connectivity index (χ0) is 30.6. The maximum absolute atomic E-state index is 13.1. The van der Waals surface area contributed by atoms with E-state index in [0.29, 0.717) is 0 Å². The van der Waals surface area contributed by atoms with Gasteiger partial charge in [0.2, 0.25) is 0 Å². The molecule has 0 aliphatic heterocycles. The molecule has 1 aromatic carbocycles. The second-order valence-corrected chi connectivity index (χ2v) is 13.5. The number of hydrogen-bond acceptors (Lipinski definition) is 6. The molecule has 0 fully saturated rings. The first-order valence-corrected chi connectivity index (χ1v) is 15.0. The molecule has 0 atom stereocenters. The van der Waals surface area contributed by atoms with Crippen LogP contribution in [0.2, 0.25) is 0 Å². The Hall–Kier alpha value is -2.60. The van der Waals surface area contributed by atoms with Gasteiger partial charge in [0.1, 0.15) is 0 Å². The molecule has 0 aliphatic rings. The summed E-state index contributed by atoms with van der Waals surface area (Å²) in [5.74, 6) is -5.73. The molecule has 14 nitrogen and oxygen atoms in total. The molecule has 0 amide bonds. The van der Waals surface area contributed by atoms with E-state index in [1.807, 2.05) is 0 Å². The molecule has 0 heterocycles. The molecule has 0 spiro atoms. The van der Waals surface area contributed by atoms with Gasteiger partial charge < -0.3 is 40.0 Å². The maximum Gasteiger partial charge on any atom is 0.336 e. The predicted octanol–water partition coefficient (Wildman–Crippen LogP) is 2.82. The molecule has 1 aromatic rings. The van der Waals surface area contributed by atoms with E-state index in [2.05, 4.69) is 0 Å². The third-order valence-corrected chi connectivity index (χ3v) is 10.6. The van der Waals surface area contributed by atoms with Crippen molar-refractivity contribution < 1.29 is 68.3 Å². The highest BCUT2D eigenvalue weighted by Gasteiger charge is 2.54. The van der Waals surface area contributed by atoms with Crippen molar-refractivity contribution in [1.29, 1.82) is 0 Å². The number of benzene rings is 1. The lowest BCUT2D eigenvalue weighted by atomic mass is 9.76. The third kappa shape index (κ3) is 7.75. The summed E-state index contributed by atoms with van der Waals surface area (Å²) in [4.78, 5) is 87.9. The van der Waals surface area contributed by atoms with Crippen LogP contribution in [0.4, 0.5) is 0 Å². The minimum Gasteiger partial charge on any atom is -0.481 e. The minimum atomic E-state index is -5.39. The normalized spacial score (nSPS) is 12.8. The third-order valence-electron chi connectivity index (χ3n) is 7.03. The maximum atomic E-state index is 13.1. The molecule has 8 N–H and O–H groups in total. The molecule has 39 heavy (non-hydrogen) atoms. The van der Waals surface area contributed by atoms with Gasteiger partial charge in [-0.25, -0.2) is 0 Å². The summed E-state index contributed by atoms with van der Waals surface area (Å²) in [5.41, 5.74) is -0.219. The molecule has 1 rings (SSSR count). The summed E-state index contributed by atoms with van der Waals surface area (Å²) >= 11 is 0. The number of carboxylic acid groups (broad SMARTS) is 4. The molecular weight excluding hydrogens is 562 g/mol. The summed E-state index contributed by atoms with van der Waals surface area (Å²) in [6.07, 6.45) is -6.03. The highest BCUT2D eigenvalue weighted by molar-refractivity contribution is 7.53. The van der Waals surface area contributed by atoms with Crippen LogP contribution in [-0.2, 0) is 38.6 Å². The molecule has 0 aliphatic carbocycles. The first-order chi connectivity index (χ1) is 17.6. The first kappa shape index (κ1) is 34.4. The van der Waals surface area contributed by atoms with Gasteiger partial charge in [-0.15, -0.1) is 0 Å². The highest BCUT2D eigenvalue weighted by atomic mass is 31.2. The van der Waals surface area contributed by atoms with E-state index in [9.17, 15) is 68.3 Å². The number of carbonyl (C=O) groups is 4. The van der Waals surface area contributed by atoms with Gasteiger partial charge in [0.05, 0.1) is 10.3 Å². The lowest BCUT2D eigenvalue weighted by Crippen LogP contribution is -2.35. The van der Waals surface area contributed by atoms with E-state index < -0.39 is 101 Å². The number of hydrogen-bond donors (Lipinski definition) is 8. The van der Waals surface area contributed by atoms with Crippen LogP contribution in [0.25, 0.3) is 0 Å². The lowest BCUT2D eigenvalue weighted by Gasteiger charge is -2.41. The summed E-state index contributed by atoms with van der Waals surface area (Å²) in [6, 6.07) is 1.33. The van der Waals surface area contributed by atoms with Crippen LogP contribution < -0.4 is 0 Å². The van der Waals surface area contributed by atoms with E-state index >= 15 is 0 Å². The Morgan fingerprint density at radius 3 is 1.00 bits per heavy atom. The number of aliphatic carboxylic acids is 4. The highest BCUT2D eigenvalue weighted by Crippen LogP contribution is 2.67. The van der Waals surface area contributed by atoms with Crippen LogP contribution in [0.15, 0.2) is 6.07 Å². The van der Waals surface area contributed by atoms with E-state index in [4.69, 9.17) is 0 Å². The Morgan fingerprint density at radius 1 is 0.590 bits per heavy atom. The van der Waals surface area contributed by atoms with Crippen LogP contribution in [0.5, 0.6) is 0 Å². The molecule has 0 aromatic heterocycles. The lowest BCUT2D eigenvalue weighted by molar-refractivity contribution is -0.139. The number of rotatable bonds is 16. The Bertz CT molecular complexity index is 1100. The summed E-state index contributed by atoms with van der Waals surface area (Å²) in [6.45, 7) is 4.10. The molecule has 16 heteroatoms. The zero-order valence-electron chi connectivity index (χ0n) is 21.7. The van der Waals surface area contributed by atoms with Gasteiger partial charge in [-0.2, -0.15) is 0 Å². The number of carboxylic acids is 4. The van der Waals surface area contributed by atoms with Crippen LogP contribution in [0, 0.1) is 20.8 Å². The summed E-state index contributed by atoms with van der Waals surface area (Å²) < 4.78 is 26.1. The fraction of sp³-hybridized carbons (Fsp3) is 0.565. The Morgan fingerprint density at radius 2 is 0.821 bits per heavy atom. The van der Waals surface area contributed by atoms with Crippen molar-refractivity contribution >= 4 is 39.1 Å². The zero-order valence-corrected chi connectivity index (χ0v) is 23.4. The fourth-order valence-electron chi connectivity index (χ4n) is 5.50. The van der Waals surface area contributed by atoms with Gasteiger partial charge in [-0.3, -0.25) is 28.3 Å². The molecule has 0 unspecified atom stereocenters. The average molecular weight is 596 g/mol. The van der Waals surface area contributed by atoms with Gasteiger partial charge >= 0.3 is 39.1 Å². The van der Waals surface area contributed by atoms with E-state index in [0.717, 1.165) is 0 Å². The van der Waals surface area contributed by atoms with Gasteiger partial charge in [0.25, 0.3) is 0 Å². The van der Waals surface area contributed by atoms with E-state index in [1.165, 1.54) is 26.8 Å². The topological polar surface area (TPSA) is 264 Å². The van der Waals surface area contributed by atoms with E-state index in [1.54, 1.807) is 0 Å². The Kier molecular flexibility index (Phi) is 11.2. The predicted molar refractivity (Wildman–Crippen MR) is 136 cm³/mol. The van der Waals surface area contributed by atoms with Crippen LogP contribution >= 0.6 is 15.2 Å². The quantitative estimate of drug-likeness (QED) is 0.128. The molecule has 0 bridgehead atoms. The van der Waals surface area contributed by atoms with E-state index in [-0.39, 0.29) is 27.8 Å². The van der Waals surface area contributed by atoms with Crippen molar-refractivity contribution in [2.24, 2.45) is 0 Å². The van der Waals surface area contributed by atoms with Crippen molar-refractivity contribution in [3.63, 3.8) is 0 Å². The van der Waals surface area contributed by atoms with Crippen molar-refractivity contribution in [2.45, 2.75) is 82.4 Å². The van der Waals surface area contributed by atoms with Crippen LogP contribution in [0.3, 0.4) is 0 Å². The minimum absolute atomic E-state index is 0.120. The number of aryl methyl sites for hydroxylation is 2. The van der Waals surface area contributed by atoms with Crippen LogP contribution in [0.1, 0.15) is 79.2 Å². The van der Waals surface area contributed by atoms with Crippen molar-refractivity contribution in [3.8, 4) is 0 Å². The van der Waals surface area contributed by atoms with Crippen LogP contribution in [-0.4, -0.2) is 63.9 Å². The summed E-state index contributed by atoms with van der Waals surface area (Å²) in [5, 5.41) is 32.4. The Balaban J connectivity index is 4.34. The SMILES string of the molecule is Cc1cc(C)c(C(CCC(=O)O)(CCC(=O)O)P(=O)(O)O)c(C)c1C(CCC(=O)O)(CCC(=O)O)P(=O)(O)O. The van der Waals surface area contributed by atoms with Gasteiger partial charge in [-0.1, -0.05) is 6.07 Å². The smallest absolute Gasteiger partial charge is 0.336 e. The molecule has 220 valence electrons. The van der Waals surface area contributed by atoms with Gasteiger partial charge in [0.15, 0.2) is 0 Å². The summed E-state index contributed by atoms with van der Waals surface area (Å²) in [7, 11) is -10.8. The van der Waals surface area contributed by atoms with Crippen molar-refractivity contribution in [1.82, 2.24) is 0 Å². The van der Waals surface area contributed by atoms with Crippen molar-refractivity contribution in [2.75, 3.05) is 0 Å². The standard InChI is InChI=1S/C23H34O14P2/c1-13-12-14(2)21(23(39(35,36)37,10-6-18(28)29)11-7-19(30)31)15(3)20(13)22(38(32,33)34,8-4-16(24)25)9-5-17(26)27/h12H,4-11H2,1-3H3,(H,24,25)(H,26,27)(H,28,29)(H,30,31)(H2,32,33,34)(H2,35,36,37). The fourth-order valence-corrected chi connectivity index (χ4v) is 8.38. The molecule has 0 saturated heterocycles. The second-order valence-electron chi connectivity index (χ2n) is 9.61. The molecular formula is C23H34O14P2. The average Bonchev–Trinajstić information content (AvgIpc) is 2.74. The van der Waals surface area contributed by atoms with Gasteiger partial charge in [-0.05, 0) is 74.3 Å². The largest absolute Gasteiger partial charge is 0.481 e. The Labute approximate surface area is 224 Å². The molecule has 0 radical (unpaired) electrons. The monoisotopic (exact) mass is 596 g/mol. The van der Waals surface area contributed by atoms with Crippen molar-refractivity contribution in [3.05, 3.63) is 33.9 Å². The van der Waals surface area contributed by atoms with Gasteiger partial charge in [0, 0.05) is 25.7 Å².